The minimum atomic E-state index is -4.11. The normalized spacial score (nSPS) is 11.4. The number of sulfonamides is 1. The summed E-state index contributed by atoms with van der Waals surface area (Å²) in [6, 6.07) is 1.61. The maximum Gasteiger partial charge on any atom is 0.256 e. The third-order valence-electron chi connectivity index (χ3n) is 2.38. The summed E-state index contributed by atoms with van der Waals surface area (Å²) >= 11 is 5.58. The molecule has 0 bridgehead atoms. The highest BCUT2D eigenvalue weighted by Gasteiger charge is 2.22. The van der Waals surface area contributed by atoms with Crippen LogP contribution in [0.4, 0.5) is 4.39 Å². The zero-order chi connectivity index (χ0) is 14.1. The number of amides is 1. The van der Waals surface area contributed by atoms with E-state index < -0.39 is 26.6 Å². The summed E-state index contributed by atoms with van der Waals surface area (Å²) in [7, 11) is -2.64. The van der Waals surface area contributed by atoms with Gasteiger partial charge in [-0.2, -0.15) is 0 Å². The molecular formula is C10H12ClFN2O3S. The Bertz CT molecular complexity index is 589. The lowest BCUT2D eigenvalue weighted by atomic mass is 10.2. The summed E-state index contributed by atoms with van der Waals surface area (Å²) in [4.78, 5) is 12.6. The van der Waals surface area contributed by atoms with E-state index in [1.807, 2.05) is 0 Å². The van der Waals surface area contributed by atoms with Crippen LogP contribution in [0.3, 0.4) is 0 Å². The van der Waals surface area contributed by atoms with Crippen molar-refractivity contribution >= 4 is 27.5 Å². The maximum absolute atomic E-state index is 13.6. The van der Waals surface area contributed by atoms with Gasteiger partial charge in [0.1, 0.15) is 10.7 Å². The Kier molecular flexibility index (Phi) is 4.31. The summed E-state index contributed by atoms with van der Waals surface area (Å²) < 4.78 is 36.0. The lowest BCUT2D eigenvalue weighted by Crippen LogP contribution is -2.27. The first-order valence-electron chi connectivity index (χ1n) is 4.95. The molecule has 0 radical (unpaired) electrons. The highest BCUT2D eigenvalue weighted by molar-refractivity contribution is 7.89. The lowest BCUT2D eigenvalue weighted by Gasteiger charge is -2.15. The molecule has 0 aliphatic carbocycles. The molecule has 1 aromatic rings. The van der Waals surface area contributed by atoms with Crippen molar-refractivity contribution in [3.05, 3.63) is 28.5 Å². The molecule has 0 spiro atoms. The number of nitrogens with zero attached hydrogens (tertiary/aromatic N) is 1. The van der Waals surface area contributed by atoms with Gasteiger partial charge in [-0.1, -0.05) is 11.6 Å². The number of carbonyl (C=O) groups excluding carboxylic acids is 1. The van der Waals surface area contributed by atoms with Gasteiger partial charge in [-0.15, -0.1) is 0 Å². The van der Waals surface area contributed by atoms with E-state index in [4.69, 9.17) is 16.7 Å². The van der Waals surface area contributed by atoms with Crippen molar-refractivity contribution in [1.29, 1.82) is 0 Å². The average molecular weight is 295 g/mol. The van der Waals surface area contributed by atoms with Crippen LogP contribution in [-0.2, 0) is 10.0 Å². The molecule has 0 aliphatic rings. The van der Waals surface area contributed by atoms with Crippen LogP contribution in [0, 0.1) is 5.82 Å². The van der Waals surface area contributed by atoms with E-state index in [0.29, 0.717) is 6.54 Å². The standard InChI is InChI=1S/C10H12ClFN2O3S/c1-3-14(2)10(15)6-4-9(18(13,16)17)7(11)5-8(6)12/h4-5H,3H2,1-2H3,(H2,13,16,17). The first kappa shape index (κ1) is 14.9. The monoisotopic (exact) mass is 294 g/mol. The molecule has 0 saturated heterocycles. The van der Waals surface area contributed by atoms with Crippen LogP contribution in [0.15, 0.2) is 17.0 Å². The van der Waals surface area contributed by atoms with Crippen LogP contribution in [0.2, 0.25) is 5.02 Å². The van der Waals surface area contributed by atoms with Gasteiger partial charge in [0.25, 0.3) is 5.91 Å². The van der Waals surface area contributed by atoms with Crippen molar-refractivity contribution in [3.63, 3.8) is 0 Å². The van der Waals surface area contributed by atoms with Crippen LogP contribution in [0.25, 0.3) is 0 Å². The smallest absolute Gasteiger partial charge is 0.256 e. The lowest BCUT2D eigenvalue weighted by molar-refractivity contribution is 0.0797. The van der Waals surface area contributed by atoms with Crippen molar-refractivity contribution in [3.8, 4) is 0 Å². The van der Waals surface area contributed by atoms with E-state index in [0.717, 1.165) is 12.1 Å². The molecular weight excluding hydrogens is 283 g/mol. The Labute approximate surface area is 109 Å². The fourth-order valence-electron chi connectivity index (χ4n) is 1.26. The van der Waals surface area contributed by atoms with Gasteiger partial charge in [0.05, 0.1) is 10.6 Å². The van der Waals surface area contributed by atoms with Crippen LogP contribution in [0.5, 0.6) is 0 Å². The molecule has 0 unspecified atom stereocenters. The first-order valence-corrected chi connectivity index (χ1v) is 6.88. The zero-order valence-electron chi connectivity index (χ0n) is 9.78. The van der Waals surface area contributed by atoms with Crippen LogP contribution in [-0.4, -0.2) is 32.8 Å². The van der Waals surface area contributed by atoms with Crippen molar-refractivity contribution in [2.45, 2.75) is 11.8 Å². The zero-order valence-corrected chi connectivity index (χ0v) is 11.3. The molecule has 1 amide bonds. The summed E-state index contributed by atoms with van der Waals surface area (Å²) in [5.74, 6) is -1.53. The SMILES string of the molecule is CCN(C)C(=O)c1cc(S(N)(=O)=O)c(Cl)cc1F. The minimum absolute atomic E-state index is 0.353. The maximum atomic E-state index is 13.6. The van der Waals surface area contributed by atoms with Gasteiger partial charge in [0.2, 0.25) is 10.0 Å². The van der Waals surface area contributed by atoms with E-state index in [1.54, 1.807) is 6.92 Å². The van der Waals surface area contributed by atoms with Crippen molar-refractivity contribution in [1.82, 2.24) is 4.90 Å². The van der Waals surface area contributed by atoms with Gasteiger partial charge < -0.3 is 4.90 Å². The van der Waals surface area contributed by atoms with E-state index >= 15 is 0 Å². The summed E-state index contributed by atoms with van der Waals surface area (Å²) in [6.07, 6.45) is 0. The number of carbonyl (C=O) groups is 1. The number of primary sulfonamides is 1. The van der Waals surface area contributed by atoms with Crippen molar-refractivity contribution in [2.24, 2.45) is 5.14 Å². The molecule has 1 aromatic carbocycles. The van der Waals surface area contributed by atoms with Gasteiger partial charge in [0.15, 0.2) is 0 Å². The Morgan fingerprint density at radius 1 is 1.50 bits per heavy atom. The van der Waals surface area contributed by atoms with E-state index in [-0.39, 0.29) is 10.6 Å². The fraction of sp³-hybridized carbons (Fsp3) is 0.300. The Balaban J connectivity index is 3.44. The van der Waals surface area contributed by atoms with E-state index in [9.17, 15) is 17.6 Å². The number of nitrogens with two attached hydrogens (primary N) is 1. The molecule has 8 heteroatoms. The van der Waals surface area contributed by atoms with Gasteiger partial charge >= 0.3 is 0 Å². The number of rotatable bonds is 3. The second-order valence-electron chi connectivity index (χ2n) is 3.63. The summed E-state index contributed by atoms with van der Waals surface area (Å²) in [5.41, 5.74) is -0.382. The van der Waals surface area contributed by atoms with Crippen LogP contribution >= 0.6 is 11.6 Å². The molecule has 0 aliphatic heterocycles. The fourth-order valence-corrected chi connectivity index (χ4v) is 2.35. The molecule has 1 rings (SSSR count). The molecule has 100 valence electrons. The predicted molar refractivity (Wildman–Crippen MR) is 65.4 cm³/mol. The van der Waals surface area contributed by atoms with Gasteiger partial charge in [0, 0.05) is 13.6 Å². The molecule has 0 saturated carbocycles. The highest BCUT2D eigenvalue weighted by atomic mass is 35.5. The van der Waals surface area contributed by atoms with Gasteiger partial charge in [-0.05, 0) is 19.1 Å². The van der Waals surface area contributed by atoms with Crippen molar-refractivity contribution < 1.29 is 17.6 Å². The molecule has 0 fully saturated rings. The molecule has 2 N–H and O–H groups in total. The van der Waals surface area contributed by atoms with Gasteiger partial charge in [-0.25, -0.2) is 17.9 Å². The topological polar surface area (TPSA) is 80.5 Å². The molecule has 0 heterocycles. The molecule has 0 atom stereocenters. The molecule has 0 aromatic heterocycles. The summed E-state index contributed by atoms with van der Waals surface area (Å²) in [6.45, 7) is 2.05. The van der Waals surface area contributed by atoms with Crippen LogP contribution in [0.1, 0.15) is 17.3 Å². The number of hydrogen-bond donors (Lipinski definition) is 1. The van der Waals surface area contributed by atoms with Gasteiger partial charge in [-0.3, -0.25) is 4.79 Å². The molecule has 5 nitrogen and oxygen atoms in total. The minimum Gasteiger partial charge on any atom is -0.342 e. The first-order chi connectivity index (χ1) is 8.18. The predicted octanol–water partition coefficient (Wildman–Crippen LogP) is 1.22. The quantitative estimate of drug-likeness (QED) is 0.910. The second kappa shape index (κ2) is 5.21. The Morgan fingerprint density at radius 3 is 2.50 bits per heavy atom. The third kappa shape index (κ3) is 2.98. The second-order valence-corrected chi connectivity index (χ2v) is 5.56. The van der Waals surface area contributed by atoms with Crippen molar-refractivity contribution in [2.75, 3.05) is 13.6 Å². The van der Waals surface area contributed by atoms with Crippen LogP contribution < -0.4 is 5.14 Å². The van der Waals surface area contributed by atoms with E-state index in [2.05, 4.69) is 0 Å². The van der Waals surface area contributed by atoms with E-state index in [1.165, 1.54) is 11.9 Å². The number of halogens is 2. The summed E-state index contributed by atoms with van der Waals surface area (Å²) in [5, 5.41) is 4.57. The Hall–Kier alpha value is -1.18. The highest BCUT2D eigenvalue weighted by Crippen LogP contribution is 2.24. The average Bonchev–Trinajstić information content (AvgIpc) is 2.25. The largest absolute Gasteiger partial charge is 0.342 e. The molecule has 18 heavy (non-hydrogen) atoms. The Morgan fingerprint density at radius 2 is 2.06 bits per heavy atom. The third-order valence-corrected chi connectivity index (χ3v) is 3.76. The number of benzene rings is 1. The number of hydrogen-bond acceptors (Lipinski definition) is 3.